The predicted octanol–water partition coefficient (Wildman–Crippen LogP) is 2.65. The van der Waals surface area contributed by atoms with E-state index >= 15 is 0 Å². The number of pyridine rings is 1. The van der Waals surface area contributed by atoms with Gasteiger partial charge in [0.2, 0.25) is 0 Å². The highest BCUT2D eigenvalue weighted by Gasteiger charge is 2.28. The minimum absolute atomic E-state index is 0.0807. The molecule has 0 unspecified atom stereocenters. The van der Waals surface area contributed by atoms with Gasteiger partial charge in [-0.3, -0.25) is 4.79 Å². The monoisotopic (exact) mass is 381 g/mol. The van der Waals surface area contributed by atoms with Gasteiger partial charge in [0, 0.05) is 31.9 Å². The summed E-state index contributed by atoms with van der Waals surface area (Å²) in [5.74, 6) is -0.738. The lowest BCUT2D eigenvalue weighted by Crippen LogP contribution is -2.46. The van der Waals surface area contributed by atoms with E-state index in [4.69, 9.17) is 4.74 Å². The van der Waals surface area contributed by atoms with Gasteiger partial charge in [0.1, 0.15) is 0 Å². The summed E-state index contributed by atoms with van der Waals surface area (Å²) in [6.45, 7) is 2.35. The van der Waals surface area contributed by atoms with Crippen LogP contribution in [0.4, 0.5) is 0 Å². The van der Waals surface area contributed by atoms with Crippen LogP contribution >= 0.6 is 0 Å². The zero-order chi connectivity index (χ0) is 19.9. The number of piperidine rings is 1. The van der Waals surface area contributed by atoms with Crippen molar-refractivity contribution in [3.05, 3.63) is 65.5 Å². The van der Waals surface area contributed by atoms with E-state index in [1.165, 1.54) is 18.9 Å². The van der Waals surface area contributed by atoms with Crippen LogP contribution in [0, 0.1) is 0 Å². The largest absolute Gasteiger partial charge is 0.464 e. The van der Waals surface area contributed by atoms with Crippen molar-refractivity contribution in [1.82, 2.24) is 14.8 Å². The molecule has 6 nitrogen and oxygen atoms in total. The smallest absolute Gasteiger partial charge is 0.357 e. The van der Waals surface area contributed by atoms with Crippen molar-refractivity contribution >= 4 is 11.9 Å². The van der Waals surface area contributed by atoms with Crippen molar-refractivity contribution in [3.63, 3.8) is 0 Å². The number of methoxy groups -OCH3 is 1. The Morgan fingerprint density at radius 3 is 2.54 bits per heavy atom. The lowest BCUT2D eigenvalue weighted by Gasteiger charge is -2.37. The third-order valence-electron chi connectivity index (χ3n) is 5.39. The number of nitrogens with zero attached hydrogens (tertiary/aromatic N) is 3. The van der Waals surface area contributed by atoms with Gasteiger partial charge in [-0.15, -0.1) is 0 Å². The molecule has 0 aliphatic carbocycles. The van der Waals surface area contributed by atoms with Gasteiger partial charge in [-0.05, 0) is 44.0 Å². The second-order valence-electron chi connectivity index (χ2n) is 7.13. The summed E-state index contributed by atoms with van der Waals surface area (Å²) in [4.78, 5) is 33.0. The first-order chi connectivity index (χ1) is 13.6. The third-order valence-corrected chi connectivity index (χ3v) is 5.39. The van der Waals surface area contributed by atoms with Crippen LogP contribution in [-0.4, -0.2) is 66.5 Å². The van der Waals surface area contributed by atoms with Crippen molar-refractivity contribution in [1.29, 1.82) is 0 Å². The Morgan fingerprint density at radius 2 is 1.86 bits per heavy atom. The van der Waals surface area contributed by atoms with E-state index < -0.39 is 5.97 Å². The van der Waals surface area contributed by atoms with Crippen LogP contribution in [0.15, 0.2) is 48.7 Å². The number of rotatable bonds is 6. The van der Waals surface area contributed by atoms with Crippen molar-refractivity contribution in [2.45, 2.75) is 25.3 Å². The molecule has 3 rings (SSSR count). The number of aromatic nitrogens is 1. The second kappa shape index (κ2) is 9.46. The highest BCUT2D eigenvalue weighted by molar-refractivity contribution is 6.04. The first kappa shape index (κ1) is 20.0. The average molecular weight is 381 g/mol. The van der Waals surface area contributed by atoms with Crippen LogP contribution in [0.2, 0.25) is 0 Å². The molecule has 0 spiro atoms. The van der Waals surface area contributed by atoms with E-state index in [2.05, 4.69) is 41.2 Å². The van der Waals surface area contributed by atoms with E-state index in [-0.39, 0.29) is 11.6 Å². The number of esters is 1. The molecular weight excluding hydrogens is 354 g/mol. The Bertz CT molecular complexity index is 802. The molecular formula is C22H27N3O3. The van der Waals surface area contributed by atoms with Crippen LogP contribution in [0.25, 0.3) is 0 Å². The van der Waals surface area contributed by atoms with E-state index in [0.29, 0.717) is 24.7 Å². The van der Waals surface area contributed by atoms with Gasteiger partial charge in [-0.2, -0.15) is 0 Å². The van der Waals surface area contributed by atoms with Crippen LogP contribution in [0.5, 0.6) is 0 Å². The van der Waals surface area contributed by atoms with Gasteiger partial charge in [0.15, 0.2) is 5.69 Å². The molecule has 1 aliphatic heterocycles. The van der Waals surface area contributed by atoms with Crippen LogP contribution in [-0.2, 0) is 11.2 Å². The maximum absolute atomic E-state index is 12.9. The predicted molar refractivity (Wildman–Crippen MR) is 107 cm³/mol. The van der Waals surface area contributed by atoms with Crippen molar-refractivity contribution in [3.8, 4) is 0 Å². The molecule has 2 aromatic rings. The zero-order valence-corrected chi connectivity index (χ0v) is 16.5. The zero-order valence-electron chi connectivity index (χ0n) is 16.5. The van der Waals surface area contributed by atoms with Gasteiger partial charge in [0.05, 0.1) is 12.7 Å². The maximum atomic E-state index is 12.9. The fourth-order valence-corrected chi connectivity index (χ4v) is 3.65. The van der Waals surface area contributed by atoms with E-state index in [1.54, 1.807) is 12.1 Å². The molecule has 0 N–H and O–H groups in total. The average Bonchev–Trinajstić information content (AvgIpc) is 2.77. The second-order valence-corrected chi connectivity index (χ2v) is 7.13. The highest BCUT2D eigenvalue weighted by Crippen LogP contribution is 2.19. The molecule has 1 fully saturated rings. The number of hydrogen-bond donors (Lipinski definition) is 0. The van der Waals surface area contributed by atoms with Gasteiger partial charge < -0.3 is 14.5 Å². The highest BCUT2D eigenvalue weighted by atomic mass is 16.5. The fraction of sp³-hybridized carbons (Fsp3) is 0.409. The molecule has 1 amide bonds. The van der Waals surface area contributed by atoms with Crippen LogP contribution in [0.3, 0.4) is 0 Å². The SMILES string of the molecule is COC(=O)c1ncccc1C(=O)N1CCC(N(C)CCc2ccccc2)CC1. The number of ether oxygens (including phenoxy) is 1. The fourth-order valence-electron chi connectivity index (χ4n) is 3.65. The van der Waals surface area contributed by atoms with Gasteiger partial charge >= 0.3 is 5.97 Å². The molecule has 0 saturated carbocycles. The molecule has 1 aromatic carbocycles. The third kappa shape index (κ3) is 4.75. The summed E-state index contributed by atoms with van der Waals surface area (Å²) < 4.78 is 4.75. The number of carbonyl (C=O) groups is 2. The standard InChI is InChI=1S/C22H27N3O3/c1-24(14-10-17-7-4-3-5-8-17)18-11-15-25(16-12-18)21(26)19-9-6-13-23-20(19)22(27)28-2/h3-9,13,18H,10-12,14-16H2,1-2H3. The van der Waals surface area contributed by atoms with Crippen molar-refractivity contribution < 1.29 is 14.3 Å². The molecule has 1 saturated heterocycles. The Labute approximate surface area is 166 Å². The number of carbonyl (C=O) groups excluding carboxylic acids is 2. The molecule has 1 aliphatic rings. The number of benzene rings is 1. The molecule has 0 bridgehead atoms. The first-order valence-electron chi connectivity index (χ1n) is 9.67. The van der Waals surface area contributed by atoms with E-state index in [0.717, 1.165) is 25.8 Å². The Hall–Kier alpha value is -2.73. The van der Waals surface area contributed by atoms with Crippen LogP contribution in [0.1, 0.15) is 39.3 Å². The summed E-state index contributed by atoms with van der Waals surface area (Å²) >= 11 is 0. The Morgan fingerprint density at radius 1 is 1.14 bits per heavy atom. The van der Waals surface area contributed by atoms with E-state index in [9.17, 15) is 9.59 Å². The molecule has 1 aromatic heterocycles. The Kier molecular flexibility index (Phi) is 6.76. The van der Waals surface area contributed by atoms with Crippen molar-refractivity contribution in [2.24, 2.45) is 0 Å². The van der Waals surface area contributed by atoms with Gasteiger partial charge in [-0.1, -0.05) is 30.3 Å². The number of amides is 1. The first-order valence-corrected chi connectivity index (χ1v) is 9.67. The Balaban J connectivity index is 1.55. The van der Waals surface area contributed by atoms with E-state index in [1.807, 2.05) is 11.0 Å². The number of hydrogen-bond acceptors (Lipinski definition) is 5. The summed E-state index contributed by atoms with van der Waals surface area (Å²) in [7, 11) is 3.45. The molecule has 2 heterocycles. The quantitative estimate of drug-likeness (QED) is 0.720. The summed E-state index contributed by atoms with van der Waals surface area (Å²) in [6, 6.07) is 14.3. The number of likely N-dealkylation sites (tertiary alicyclic amines) is 1. The molecule has 0 radical (unpaired) electrons. The van der Waals surface area contributed by atoms with Gasteiger partial charge in [0.25, 0.3) is 5.91 Å². The topological polar surface area (TPSA) is 62.7 Å². The molecule has 6 heteroatoms. The summed E-state index contributed by atoms with van der Waals surface area (Å²) in [5, 5.41) is 0. The number of likely N-dealkylation sites (N-methyl/N-ethyl adjacent to an activating group) is 1. The lowest BCUT2D eigenvalue weighted by atomic mass is 10.0. The molecule has 28 heavy (non-hydrogen) atoms. The van der Waals surface area contributed by atoms with Crippen LogP contribution < -0.4 is 0 Å². The van der Waals surface area contributed by atoms with Crippen molar-refractivity contribution in [2.75, 3.05) is 33.8 Å². The minimum Gasteiger partial charge on any atom is -0.464 e. The van der Waals surface area contributed by atoms with Gasteiger partial charge in [-0.25, -0.2) is 9.78 Å². The molecule has 0 atom stereocenters. The molecule has 148 valence electrons. The summed E-state index contributed by atoms with van der Waals surface area (Å²) in [5.41, 5.74) is 1.73. The summed E-state index contributed by atoms with van der Waals surface area (Å²) in [6.07, 6.45) is 4.36. The lowest BCUT2D eigenvalue weighted by molar-refractivity contribution is 0.0569. The maximum Gasteiger partial charge on any atom is 0.357 e. The minimum atomic E-state index is -0.584. The normalized spacial score (nSPS) is 14.9.